The number of rotatable bonds is 5. The lowest BCUT2D eigenvalue weighted by atomic mass is 10.2. The number of hydrogen-bond acceptors (Lipinski definition) is 2. The molecule has 0 bridgehead atoms. The van der Waals surface area contributed by atoms with Crippen LogP contribution >= 0.6 is 0 Å². The molecule has 0 unspecified atom stereocenters. The van der Waals surface area contributed by atoms with Crippen molar-refractivity contribution in [1.29, 1.82) is 0 Å². The van der Waals surface area contributed by atoms with E-state index < -0.39 is 0 Å². The Bertz CT molecular complexity index is 553. The molecule has 0 fully saturated rings. The Labute approximate surface area is 101 Å². The smallest absolute Gasteiger partial charge is 0.138 e. The molecule has 90 valence electrons. The molecule has 0 aliphatic heterocycles. The molecule has 17 heavy (non-hydrogen) atoms. The molecule has 0 aliphatic carbocycles. The normalized spacial score (nSPS) is 10.9. The van der Waals surface area contributed by atoms with Gasteiger partial charge in [-0.3, -0.25) is 0 Å². The van der Waals surface area contributed by atoms with Crippen molar-refractivity contribution in [3.63, 3.8) is 0 Å². The Morgan fingerprint density at radius 1 is 1.06 bits per heavy atom. The summed E-state index contributed by atoms with van der Waals surface area (Å²) in [6.45, 7) is 11.8. The summed E-state index contributed by atoms with van der Waals surface area (Å²) in [7, 11) is 0. The topological polar surface area (TPSA) is 23.4 Å². The summed E-state index contributed by atoms with van der Waals surface area (Å²) in [5.74, 6) is 0. The van der Waals surface area contributed by atoms with Crippen LogP contribution in [0.2, 0.25) is 0 Å². The highest BCUT2D eigenvalue weighted by Gasteiger charge is 2.04. The van der Waals surface area contributed by atoms with Crippen LogP contribution in [0.15, 0.2) is 24.3 Å². The van der Waals surface area contributed by atoms with Crippen LogP contribution in [-0.4, -0.2) is 24.6 Å². The van der Waals surface area contributed by atoms with Crippen molar-refractivity contribution in [3.8, 4) is 0 Å². The summed E-state index contributed by atoms with van der Waals surface area (Å²) < 4.78 is 6.91. The van der Waals surface area contributed by atoms with Gasteiger partial charge in [0, 0.05) is 17.4 Å². The van der Waals surface area contributed by atoms with E-state index in [-0.39, 0.29) is 0 Å². The zero-order chi connectivity index (χ0) is 12.3. The fourth-order valence-electron chi connectivity index (χ4n) is 1.86. The minimum Gasteiger partial charge on any atom is -0.411 e. The second-order valence-electron chi connectivity index (χ2n) is 3.76. The molecule has 0 radical (unpaired) electrons. The highest BCUT2D eigenvalue weighted by atomic mass is 16.7. The first-order valence-electron chi connectivity index (χ1n) is 5.74. The van der Waals surface area contributed by atoms with E-state index in [1.165, 1.54) is 0 Å². The van der Waals surface area contributed by atoms with E-state index in [0.29, 0.717) is 19.8 Å². The summed E-state index contributed by atoms with van der Waals surface area (Å²) >= 11 is 0. The van der Waals surface area contributed by atoms with Crippen molar-refractivity contribution in [3.05, 3.63) is 35.0 Å². The third kappa shape index (κ3) is 2.19. The van der Waals surface area contributed by atoms with Gasteiger partial charge in [-0.1, -0.05) is 37.4 Å². The molecule has 0 amide bonds. The van der Waals surface area contributed by atoms with Crippen molar-refractivity contribution >= 4 is 23.9 Å². The largest absolute Gasteiger partial charge is 0.411 e. The second kappa shape index (κ2) is 5.06. The number of nitrogens with zero attached hydrogens (tertiary/aromatic N) is 1. The second-order valence-corrected chi connectivity index (χ2v) is 3.76. The van der Waals surface area contributed by atoms with E-state index in [1.54, 1.807) is 4.73 Å². The molecular weight excluding hydrogens is 214 g/mol. The summed E-state index contributed by atoms with van der Waals surface area (Å²) in [5, 5.41) is 3.83. The Morgan fingerprint density at radius 2 is 1.65 bits per heavy atom. The first-order valence-corrected chi connectivity index (χ1v) is 5.74. The van der Waals surface area contributed by atoms with Crippen molar-refractivity contribution in [2.24, 2.45) is 0 Å². The minimum absolute atomic E-state index is 0.500. The predicted octanol–water partition coefficient (Wildman–Crippen LogP) is 0.927. The molecule has 1 aromatic carbocycles. The molecule has 0 saturated heterocycles. The van der Waals surface area contributed by atoms with Crippen molar-refractivity contribution in [2.45, 2.75) is 6.92 Å². The molecular formula is C14H17NO2. The molecule has 0 atom stereocenters. The molecule has 0 saturated carbocycles. The van der Waals surface area contributed by atoms with Crippen LogP contribution in [0.3, 0.4) is 0 Å². The SMILES string of the molecule is C=c1c2ccccc2c(=C)n1OCCOCC. The van der Waals surface area contributed by atoms with Gasteiger partial charge in [-0.25, -0.2) is 0 Å². The molecule has 3 heteroatoms. The average Bonchev–Trinajstić information content (AvgIpc) is 2.60. The summed E-state index contributed by atoms with van der Waals surface area (Å²) in [6.07, 6.45) is 0. The molecule has 0 spiro atoms. The van der Waals surface area contributed by atoms with Gasteiger partial charge in [0.2, 0.25) is 0 Å². The van der Waals surface area contributed by atoms with Gasteiger partial charge in [0.15, 0.2) is 0 Å². The third-order valence-corrected chi connectivity index (χ3v) is 2.69. The van der Waals surface area contributed by atoms with Crippen LogP contribution in [0.1, 0.15) is 6.92 Å². The summed E-state index contributed by atoms with van der Waals surface area (Å²) in [4.78, 5) is 5.62. The fourth-order valence-corrected chi connectivity index (χ4v) is 1.86. The first kappa shape index (κ1) is 11.7. The Balaban J connectivity index is 2.29. The zero-order valence-electron chi connectivity index (χ0n) is 10.1. The number of ether oxygens (including phenoxy) is 1. The number of benzene rings is 1. The lowest BCUT2D eigenvalue weighted by Gasteiger charge is -2.07. The number of aromatic nitrogens is 1. The van der Waals surface area contributed by atoms with Gasteiger partial charge in [-0.05, 0) is 6.92 Å². The van der Waals surface area contributed by atoms with Crippen LogP contribution < -0.4 is 15.5 Å². The number of fused-ring (bicyclic) bond motifs is 1. The molecule has 0 aliphatic rings. The molecule has 3 nitrogen and oxygen atoms in total. The lowest BCUT2D eigenvalue weighted by Crippen LogP contribution is -2.33. The van der Waals surface area contributed by atoms with Crippen LogP contribution in [0.5, 0.6) is 0 Å². The van der Waals surface area contributed by atoms with Crippen LogP contribution in [0, 0.1) is 0 Å². The zero-order valence-corrected chi connectivity index (χ0v) is 10.1. The van der Waals surface area contributed by atoms with Crippen LogP contribution in [0.25, 0.3) is 23.9 Å². The molecule has 1 aromatic heterocycles. The fraction of sp³-hybridized carbons (Fsp3) is 0.286. The van der Waals surface area contributed by atoms with E-state index in [2.05, 4.69) is 13.2 Å². The maximum atomic E-state index is 5.62. The van der Waals surface area contributed by atoms with E-state index in [4.69, 9.17) is 9.57 Å². The van der Waals surface area contributed by atoms with E-state index in [9.17, 15) is 0 Å². The van der Waals surface area contributed by atoms with Crippen molar-refractivity contribution in [2.75, 3.05) is 19.8 Å². The highest BCUT2D eigenvalue weighted by molar-refractivity contribution is 5.83. The lowest BCUT2D eigenvalue weighted by molar-refractivity contribution is 0.0376. The maximum absolute atomic E-state index is 5.62. The first-order chi connectivity index (χ1) is 8.25. The molecule has 2 aromatic rings. The van der Waals surface area contributed by atoms with Crippen LogP contribution in [0.4, 0.5) is 0 Å². The Morgan fingerprint density at radius 3 is 2.18 bits per heavy atom. The standard InChI is InChI=1S/C14H17NO2/c1-4-16-9-10-17-15-11(2)13-7-5-6-8-14(13)12(15)3/h5-8H,2-4,9-10H2,1H3. The van der Waals surface area contributed by atoms with Gasteiger partial charge in [0.25, 0.3) is 0 Å². The third-order valence-electron chi connectivity index (χ3n) is 2.69. The van der Waals surface area contributed by atoms with Gasteiger partial charge >= 0.3 is 0 Å². The average molecular weight is 231 g/mol. The molecule has 0 N–H and O–H groups in total. The molecule has 2 rings (SSSR count). The van der Waals surface area contributed by atoms with E-state index in [1.807, 2.05) is 31.2 Å². The van der Waals surface area contributed by atoms with Crippen molar-refractivity contribution < 1.29 is 9.57 Å². The predicted molar refractivity (Wildman–Crippen MR) is 70.2 cm³/mol. The van der Waals surface area contributed by atoms with Crippen molar-refractivity contribution in [1.82, 2.24) is 4.73 Å². The monoisotopic (exact) mass is 231 g/mol. The van der Waals surface area contributed by atoms with Gasteiger partial charge in [-0.15, -0.1) is 0 Å². The Hall–Kier alpha value is -1.74. The summed E-state index contributed by atoms with van der Waals surface area (Å²) in [5.41, 5.74) is 0. The summed E-state index contributed by atoms with van der Waals surface area (Å²) in [6, 6.07) is 8.02. The van der Waals surface area contributed by atoms with E-state index in [0.717, 1.165) is 21.5 Å². The molecule has 1 heterocycles. The van der Waals surface area contributed by atoms with Gasteiger partial charge < -0.3 is 9.57 Å². The van der Waals surface area contributed by atoms with Gasteiger partial charge in [0.1, 0.15) is 6.61 Å². The maximum Gasteiger partial charge on any atom is 0.138 e. The van der Waals surface area contributed by atoms with Gasteiger partial charge in [-0.2, -0.15) is 4.73 Å². The van der Waals surface area contributed by atoms with E-state index >= 15 is 0 Å². The Kier molecular flexibility index (Phi) is 3.49. The number of hydrogen-bond donors (Lipinski definition) is 0. The highest BCUT2D eigenvalue weighted by Crippen LogP contribution is 2.03. The minimum atomic E-state index is 0.500. The van der Waals surface area contributed by atoms with Gasteiger partial charge in [0.05, 0.1) is 17.3 Å². The van der Waals surface area contributed by atoms with Crippen LogP contribution in [-0.2, 0) is 4.74 Å². The quantitative estimate of drug-likeness (QED) is 0.715.